The van der Waals surface area contributed by atoms with E-state index in [1.54, 1.807) is 18.4 Å². The van der Waals surface area contributed by atoms with Gasteiger partial charge >= 0.3 is 0 Å². The quantitative estimate of drug-likeness (QED) is 0.577. The van der Waals surface area contributed by atoms with E-state index in [0.717, 1.165) is 30.2 Å². The summed E-state index contributed by atoms with van der Waals surface area (Å²) in [6, 6.07) is 12.1. The highest BCUT2D eigenvalue weighted by molar-refractivity contribution is 7.09. The maximum atomic E-state index is 11.7. The number of carbonyl (C=O) groups is 1. The summed E-state index contributed by atoms with van der Waals surface area (Å²) in [5, 5.41) is 8.40. The fourth-order valence-electron chi connectivity index (χ4n) is 2.40. The standard InChI is InChI=1S/C20H28N4OS/c1-15(2)19(25)23-17-9-7-16(8-10-17)14-22-20(21-3)24(4)12-11-18-6-5-13-26-18/h5-10,13,15H,11-12,14H2,1-4H3,(H,21,22)(H,23,25). The lowest BCUT2D eigenvalue weighted by Crippen LogP contribution is -2.39. The van der Waals surface area contributed by atoms with Gasteiger partial charge in [0.25, 0.3) is 0 Å². The van der Waals surface area contributed by atoms with Crippen molar-refractivity contribution in [2.24, 2.45) is 10.9 Å². The summed E-state index contributed by atoms with van der Waals surface area (Å²) < 4.78 is 0. The number of aliphatic imine (C=N–C) groups is 1. The van der Waals surface area contributed by atoms with Crippen LogP contribution < -0.4 is 10.6 Å². The highest BCUT2D eigenvalue weighted by Crippen LogP contribution is 2.12. The Morgan fingerprint density at radius 3 is 2.54 bits per heavy atom. The molecule has 1 heterocycles. The first-order valence-electron chi connectivity index (χ1n) is 8.83. The molecule has 2 rings (SSSR count). The average molecular weight is 373 g/mol. The molecule has 6 heteroatoms. The SMILES string of the molecule is CN=C(NCc1ccc(NC(=O)C(C)C)cc1)N(C)CCc1cccs1. The number of hydrogen-bond acceptors (Lipinski definition) is 3. The van der Waals surface area contributed by atoms with Crippen molar-refractivity contribution >= 4 is 28.9 Å². The van der Waals surface area contributed by atoms with E-state index in [1.165, 1.54) is 4.88 Å². The molecule has 0 saturated heterocycles. The van der Waals surface area contributed by atoms with Crippen molar-refractivity contribution in [3.63, 3.8) is 0 Å². The van der Waals surface area contributed by atoms with Crippen LogP contribution in [0.2, 0.25) is 0 Å². The van der Waals surface area contributed by atoms with Gasteiger partial charge in [-0.1, -0.05) is 32.0 Å². The van der Waals surface area contributed by atoms with Crippen molar-refractivity contribution < 1.29 is 4.79 Å². The fraction of sp³-hybridized carbons (Fsp3) is 0.400. The van der Waals surface area contributed by atoms with Crippen LogP contribution in [-0.2, 0) is 17.8 Å². The Bertz CT molecular complexity index is 708. The minimum absolute atomic E-state index is 0.0237. The molecule has 0 atom stereocenters. The molecule has 0 saturated carbocycles. The Hall–Kier alpha value is -2.34. The van der Waals surface area contributed by atoms with Crippen molar-refractivity contribution in [3.8, 4) is 0 Å². The first kappa shape index (κ1) is 20.0. The molecule has 0 aliphatic heterocycles. The van der Waals surface area contributed by atoms with Crippen LogP contribution in [0.4, 0.5) is 5.69 Å². The smallest absolute Gasteiger partial charge is 0.226 e. The second-order valence-corrected chi connectivity index (χ2v) is 7.52. The maximum absolute atomic E-state index is 11.7. The van der Waals surface area contributed by atoms with Gasteiger partial charge in [-0.25, -0.2) is 0 Å². The van der Waals surface area contributed by atoms with Crippen LogP contribution in [0.1, 0.15) is 24.3 Å². The van der Waals surface area contributed by atoms with E-state index in [1.807, 2.05) is 45.2 Å². The Labute approximate surface area is 160 Å². The third-order valence-electron chi connectivity index (χ3n) is 4.04. The molecular weight excluding hydrogens is 344 g/mol. The van der Waals surface area contributed by atoms with Crippen molar-refractivity contribution in [1.29, 1.82) is 0 Å². The lowest BCUT2D eigenvalue weighted by atomic mass is 10.1. The number of likely N-dealkylation sites (N-methyl/N-ethyl adjacent to an activating group) is 1. The minimum atomic E-state index is -0.0237. The van der Waals surface area contributed by atoms with Gasteiger partial charge in [0, 0.05) is 43.7 Å². The van der Waals surface area contributed by atoms with Crippen LogP contribution in [0.25, 0.3) is 0 Å². The number of nitrogens with one attached hydrogen (secondary N) is 2. The van der Waals surface area contributed by atoms with E-state index in [9.17, 15) is 4.79 Å². The number of hydrogen-bond donors (Lipinski definition) is 2. The normalized spacial score (nSPS) is 11.5. The Morgan fingerprint density at radius 1 is 1.23 bits per heavy atom. The molecule has 5 nitrogen and oxygen atoms in total. The molecule has 2 aromatic rings. The topological polar surface area (TPSA) is 56.7 Å². The summed E-state index contributed by atoms with van der Waals surface area (Å²) in [5.41, 5.74) is 1.96. The van der Waals surface area contributed by atoms with Gasteiger partial charge in [-0.05, 0) is 35.6 Å². The molecule has 0 aliphatic carbocycles. The zero-order chi connectivity index (χ0) is 18.9. The lowest BCUT2D eigenvalue weighted by Gasteiger charge is -2.22. The largest absolute Gasteiger partial charge is 0.352 e. The van der Waals surface area contributed by atoms with E-state index in [4.69, 9.17) is 0 Å². The molecule has 1 aromatic carbocycles. The molecule has 0 spiro atoms. The highest BCUT2D eigenvalue weighted by atomic mass is 32.1. The molecule has 0 radical (unpaired) electrons. The first-order chi connectivity index (χ1) is 12.5. The Balaban J connectivity index is 1.82. The van der Waals surface area contributed by atoms with E-state index >= 15 is 0 Å². The van der Waals surface area contributed by atoms with E-state index in [0.29, 0.717) is 6.54 Å². The number of amides is 1. The molecule has 0 fully saturated rings. The van der Waals surface area contributed by atoms with Gasteiger partial charge in [0.15, 0.2) is 5.96 Å². The average Bonchev–Trinajstić information content (AvgIpc) is 3.15. The van der Waals surface area contributed by atoms with Crippen LogP contribution in [0, 0.1) is 5.92 Å². The molecule has 0 aliphatic rings. The highest BCUT2D eigenvalue weighted by Gasteiger charge is 2.08. The number of anilines is 1. The predicted molar refractivity (Wildman–Crippen MR) is 111 cm³/mol. The van der Waals surface area contributed by atoms with Gasteiger partial charge in [-0.3, -0.25) is 9.79 Å². The van der Waals surface area contributed by atoms with E-state index in [-0.39, 0.29) is 11.8 Å². The number of rotatable bonds is 7. The molecule has 2 N–H and O–H groups in total. The van der Waals surface area contributed by atoms with Gasteiger partial charge in [0.05, 0.1) is 0 Å². The fourth-order valence-corrected chi connectivity index (χ4v) is 3.10. The second-order valence-electron chi connectivity index (χ2n) is 6.49. The number of benzene rings is 1. The van der Waals surface area contributed by atoms with Crippen LogP contribution in [0.15, 0.2) is 46.8 Å². The van der Waals surface area contributed by atoms with Crippen LogP contribution in [-0.4, -0.2) is 37.4 Å². The molecule has 0 unspecified atom stereocenters. The monoisotopic (exact) mass is 372 g/mol. The Morgan fingerprint density at radius 2 is 1.96 bits per heavy atom. The number of carbonyl (C=O) groups excluding carboxylic acids is 1. The van der Waals surface area contributed by atoms with Gasteiger partial charge in [0.1, 0.15) is 0 Å². The molecular formula is C20H28N4OS. The molecule has 140 valence electrons. The summed E-state index contributed by atoms with van der Waals surface area (Å²) in [4.78, 5) is 19.6. The third kappa shape index (κ3) is 6.19. The number of nitrogens with zero attached hydrogens (tertiary/aromatic N) is 2. The van der Waals surface area contributed by atoms with Crippen molar-refractivity contribution in [2.75, 3.05) is 26.0 Å². The summed E-state index contributed by atoms with van der Waals surface area (Å²) in [6.07, 6.45) is 1.01. The minimum Gasteiger partial charge on any atom is -0.352 e. The number of guanidine groups is 1. The summed E-state index contributed by atoms with van der Waals surface area (Å²) in [6.45, 7) is 5.37. The van der Waals surface area contributed by atoms with Gasteiger partial charge in [0.2, 0.25) is 5.91 Å². The predicted octanol–water partition coefficient (Wildman–Crippen LogP) is 3.59. The lowest BCUT2D eigenvalue weighted by molar-refractivity contribution is -0.118. The van der Waals surface area contributed by atoms with Crippen molar-refractivity contribution in [1.82, 2.24) is 10.2 Å². The molecule has 1 aromatic heterocycles. The van der Waals surface area contributed by atoms with Crippen molar-refractivity contribution in [3.05, 3.63) is 52.2 Å². The number of thiophene rings is 1. The van der Waals surface area contributed by atoms with Crippen LogP contribution in [0.5, 0.6) is 0 Å². The molecule has 0 bridgehead atoms. The van der Waals surface area contributed by atoms with Gasteiger partial charge in [-0.15, -0.1) is 11.3 Å². The first-order valence-corrected chi connectivity index (χ1v) is 9.71. The second kappa shape index (κ2) is 9.97. The zero-order valence-electron chi connectivity index (χ0n) is 16.0. The maximum Gasteiger partial charge on any atom is 0.226 e. The molecule has 26 heavy (non-hydrogen) atoms. The summed E-state index contributed by atoms with van der Waals surface area (Å²) >= 11 is 1.78. The van der Waals surface area contributed by atoms with E-state index < -0.39 is 0 Å². The van der Waals surface area contributed by atoms with Gasteiger partial charge in [-0.2, -0.15) is 0 Å². The third-order valence-corrected chi connectivity index (χ3v) is 4.98. The van der Waals surface area contributed by atoms with Gasteiger partial charge < -0.3 is 15.5 Å². The Kier molecular flexibility index (Phi) is 7.66. The summed E-state index contributed by atoms with van der Waals surface area (Å²) in [5.74, 6) is 0.881. The van der Waals surface area contributed by atoms with Crippen molar-refractivity contribution in [2.45, 2.75) is 26.8 Å². The van der Waals surface area contributed by atoms with Crippen LogP contribution >= 0.6 is 11.3 Å². The van der Waals surface area contributed by atoms with E-state index in [2.05, 4.69) is 38.0 Å². The van der Waals surface area contributed by atoms with Crippen LogP contribution in [0.3, 0.4) is 0 Å². The summed E-state index contributed by atoms with van der Waals surface area (Å²) in [7, 11) is 3.85. The zero-order valence-corrected chi connectivity index (χ0v) is 16.8. The molecule has 1 amide bonds.